The summed E-state index contributed by atoms with van der Waals surface area (Å²) in [4.78, 5) is 30.3. The minimum absolute atomic E-state index is 0.0180. The Hall–Kier alpha value is -3.05. The summed E-state index contributed by atoms with van der Waals surface area (Å²) in [6, 6.07) is 19.2. The van der Waals surface area contributed by atoms with Crippen LogP contribution < -0.4 is 15.7 Å². The smallest absolute Gasteiger partial charge is 0.295 e. The number of nitrogens with one attached hydrogen (secondary N) is 1. The Morgan fingerprint density at radius 1 is 1.04 bits per heavy atom. The predicted octanol–water partition coefficient (Wildman–Crippen LogP) is 3.38. The summed E-state index contributed by atoms with van der Waals surface area (Å²) in [5, 5.41) is 3.14. The monoisotopic (exact) mass is 354 g/mol. The maximum absolute atomic E-state index is 12.4. The van der Waals surface area contributed by atoms with Crippen LogP contribution in [0.4, 0.5) is 5.69 Å². The fourth-order valence-corrected chi connectivity index (χ4v) is 2.42. The summed E-state index contributed by atoms with van der Waals surface area (Å²) in [7, 11) is 0. The van der Waals surface area contributed by atoms with E-state index >= 15 is 0 Å². The molecule has 0 radical (unpaired) electrons. The van der Waals surface area contributed by atoms with Gasteiger partial charge in [0.25, 0.3) is 11.5 Å². The number of aromatic nitrogens is 1. The zero-order valence-corrected chi connectivity index (χ0v) is 13.9. The summed E-state index contributed by atoms with van der Waals surface area (Å²) in [6.07, 6.45) is 1.47. The second-order valence-electron chi connectivity index (χ2n) is 5.28. The highest BCUT2D eigenvalue weighted by atomic mass is 35.5. The van der Waals surface area contributed by atoms with Crippen LogP contribution in [0.3, 0.4) is 0 Å². The maximum Gasteiger partial charge on any atom is 0.295 e. The van der Waals surface area contributed by atoms with E-state index < -0.39 is 11.5 Å². The van der Waals surface area contributed by atoms with Crippen LogP contribution in [0.2, 0.25) is 5.02 Å². The number of carbonyl (C=O) groups excluding carboxylic acids is 1. The van der Waals surface area contributed by atoms with Crippen LogP contribution in [-0.2, 0) is 6.61 Å². The zero-order valence-electron chi connectivity index (χ0n) is 13.2. The average molecular weight is 355 g/mol. The van der Waals surface area contributed by atoms with Gasteiger partial charge in [0.2, 0.25) is 0 Å². The molecule has 0 saturated heterocycles. The van der Waals surface area contributed by atoms with E-state index in [4.69, 9.17) is 16.4 Å². The number of benzene rings is 2. The lowest BCUT2D eigenvalue weighted by molar-refractivity contribution is 0.0863. The molecular weight excluding hydrogens is 340 g/mol. The number of nitrogens with zero attached hydrogens (tertiary/aromatic N) is 1. The molecule has 0 bridgehead atoms. The third-order valence-corrected chi connectivity index (χ3v) is 3.69. The van der Waals surface area contributed by atoms with Crippen molar-refractivity contribution in [2.45, 2.75) is 6.61 Å². The molecule has 1 N–H and O–H groups in total. The van der Waals surface area contributed by atoms with Crippen molar-refractivity contribution in [1.29, 1.82) is 0 Å². The first kappa shape index (κ1) is 16.8. The summed E-state index contributed by atoms with van der Waals surface area (Å²) < 4.78 is 1.06. The number of anilines is 1. The first-order valence-electron chi connectivity index (χ1n) is 7.59. The van der Waals surface area contributed by atoms with Gasteiger partial charge in [-0.2, -0.15) is 4.73 Å². The van der Waals surface area contributed by atoms with Crippen LogP contribution in [0.5, 0.6) is 0 Å². The highest BCUT2D eigenvalue weighted by molar-refractivity contribution is 6.30. The topological polar surface area (TPSA) is 60.3 Å². The molecule has 0 unspecified atom stereocenters. The zero-order chi connectivity index (χ0) is 17.6. The lowest BCUT2D eigenvalue weighted by Crippen LogP contribution is -2.32. The standard InChI is InChI=1S/C19H15ClN2O3/c20-15-8-4-9-16(12-15)21-18(23)17-10-5-11-22(19(17)24)25-13-14-6-2-1-3-7-14/h1-12H,13H2,(H,21,23). The first-order chi connectivity index (χ1) is 12.1. The van der Waals surface area contributed by atoms with Crippen molar-refractivity contribution in [1.82, 2.24) is 4.73 Å². The number of pyridine rings is 1. The van der Waals surface area contributed by atoms with Gasteiger partial charge in [0, 0.05) is 16.9 Å². The van der Waals surface area contributed by atoms with E-state index in [0.717, 1.165) is 10.3 Å². The quantitative estimate of drug-likeness (QED) is 0.764. The van der Waals surface area contributed by atoms with Crippen molar-refractivity contribution in [3.05, 3.63) is 99.4 Å². The molecule has 0 spiro atoms. The molecule has 0 aliphatic carbocycles. The third-order valence-electron chi connectivity index (χ3n) is 3.46. The van der Waals surface area contributed by atoms with Crippen molar-refractivity contribution >= 4 is 23.2 Å². The Morgan fingerprint density at radius 3 is 2.60 bits per heavy atom. The maximum atomic E-state index is 12.4. The third kappa shape index (κ3) is 4.28. The van der Waals surface area contributed by atoms with Crippen LogP contribution in [0, 0.1) is 0 Å². The van der Waals surface area contributed by atoms with E-state index in [2.05, 4.69) is 5.32 Å². The van der Waals surface area contributed by atoms with Gasteiger partial charge in [-0.25, -0.2) is 0 Å². The molecule has 25 heavy (non-hydrogen) atoms. The number of carbonyl (C=O) groups is 1. The van der Waals surface area contributed by atoms with Crippen molar-refractivity contribution in [2.75, 3.05) is 5.32 Å². The van der Waals surface area contributed by atoms with Gasteiger partial charge in [-0.05, 0) is 35.9 Å². The molecule has 0 saturated carbocycles. The summed E-state index contributed by atoms with van der Waals surface area (Å²) in [5.41, 5.74) is 0.884. The molecule has 0 fully saturated rings. The second kappa shape index (κ2) is 7.68. The molecule has 3 aromatic rings. The number of amides is 1. The Morgan fingerprint density at radius 2 is 1.84 bits per heavy atom. The van der Waals surface area contributed by atoms with Crippen molar-refractivity contribution in [3.8, 4) is 0 Å². The van der Waals surface area contributed by atoms with E-state index in [9.17, 15) is 9.59 Å². The number of rotatable bonds is 5. The highest BCUT2D eigenvalue weighted by Gasteiger charge is 2.13. The fraction of sp³-hybridized carbons (Fsp3) is 0.0526. The van der Waals surface area contributed by atoms with Crippen LogP contribution in [-0.4, -0.2) is 10.6 Å². The van der Waals surface area contributed by atoms with Gasteiger partial charge in [0.15, 0.2) is 0 Å². The molecule has 0 aliphatic heterocycles. The molecule has 6 heteroatoms. The lowest BCUT2D eigenvalue weighted by Gasteiger charge is -2.10. The van der Waals surface area contributed by atoms with Gasteiger partial charge in [-0.15, -0.1) is 0 Å². The predicted molar refractivity (Wildman–Crippen MR) is 96.8 cm³/mol. The van der Waals surface area contributed by atoms with Gasteiger partial charge < -0.3 is 10.2 Å². The Balaban J connectivity index is 1.76. The summed E-state index contributed by atoms with van der Waals surface area (Å²) >= 11 is 5.89. The van der Waals surface area contributed by atoms with Crippen molar-refractivity contribution in [3.63, 3.8) is 0 Å². The van der Waals surface area contributed by atoms with Crippen molar-refractivity contribution < 1.29 is 9.63 Å². The molecule has 2 aromatic carbocycles. The van der Waals surface area contributed by atoms with Crippen molar-refractivity contribution in [2.24, 2.45) is 0 Å². The minimum atomic E-state index is -0.530. The Bertz CT molecular complexity index is 939. The largest absolute Gasteiger partial charge is 0.406 e. The minimum Gasteiger partial charge on any atom is -0.406 e. The summed E-state index contributed by atoms with van der Waals surface area (Å²) in [5.74, 6) is -0.523. The normalized spacial score (nSPS) is 10.3. The second-order valence-corrected chi connectivity index (χ2v) is 5.71. The average Bonchev–Trinajstić information content (AvgIpc) is 2.61. The van der Waals surface area contributed by atoms with Crippen LogP contribution in [0.25, 0.3) is 0 Å². The van der Waals surface area contributed by atoms with Crippen LogP contribution in [0.15, 0.2) is 77.7 Å². The van der Waals surface area contributed by atoms with Gasteiger partial charge in [0.1, 0.15) is 12.2 Å². The summed E-state index contributed by atoms with van der Waals surface area (Å²) in [6.45, 7) is 0.222. The van der Waals surface area contributed by atoms with E-state index in [-0.39, 0.29) is 12.2 Å². The van der Waals surface area contributed by atoms with Crippen LogP contribution in [0.1, 0.15) is 15.9 Å². The Labute approximate surface area is 149 Å². The Kier molecular flexibility index (Phi) is 5.16. The van der Waals surface area contributed by atoms with E-state index in [0.29, 0.717) is 10.7 Å². The highest BCUT2D eigenvalue weighted by Crippen LogP contribution is 2.15. The molecule has 1 aromatic heterocycles. The molecule has 1 heterocycles. The van der Waals surface area contributed by atoms with Crippen LogP contribution >= 0.6 is 11.6 Å². The molecule has 0 atom stereocenters. The molecule has 3 rings (SSSR count). The number of hydrogen-bond acceptors (Lipinski definition) is 3. The van der Waals surface area contributed by atoms with Gasteiger partial charge in [-0.1, -0.05) is 48.0 Å². The lowest BCUT2D eigenvalue weighted by atomic mass is 10.2. The van der Waals surface area contributed by atoms with Gasteiger partial charge >= 0.3 is 0 Å². The number of halogens is 1. The van der Waals surface area contributed by atoms with E-state index in [1.807, 2.05) is 30.3 Å². The van der Waals surface area contributed by atoms with E-state index in [1.165, 1.54) is 12.3 Å². The SMILES string of the molecule is O=C(Nc1cccc(Cl)c1)c1cccn(OCc2ccccc2)c1=O. The number of hydrogen-bond donors (Lipinski definition) is 1. The molecule has 1 amide bonds. The first-order valence-corrected chi connectivity index (χ1v) is 7.97. The molecule has 126 valence electrons. The van der Waals surface area contributed by atoms with E-state index in [1.54, 1.807) is 30.3 Å². The fourth-order valence-electron chi connectivity index (χ4n) is 2.23. The molecular formula is C19H15ClN2O3. The molecule has 5 nitrogen and oxygen atoms in total. The van der Waals surface area contributed by atoms with Gasteiger partial charge in [0.05, 0.1) is 0 Å². The van der Waals surface area contributed by atoms with Gasteiger partial charge in [-0.3, -0.25) is 9.59 Å². The molecule has 0 aliphatic rings.